The zero-order chi connectivity index (χ0) is 13.8. The molecule has 2 aromatic rings. The number of carboxylic acids is 1. The van der Waals surface area contributed by atoms with Gasteiger partial charge >= 0.3 is 5.97 Å². The first-order valence-electron chi connectivity index (χ1n) is 5.77. The van der Waals surface area contributed by atoms with Crippen LogP contribution >= 0.6 is 11.6 Å². The molecule has 19 heavy (non-hydrogen) atoms. The highest BCUT2D eigenvalue weighted by Crippen LogP contribution is 2.26. The summed E-state index contributed by atoms with van der Waals surface area (Å²) in [5.41, 5.74) is 0.810. The minimum atomic E-state index is -1.18. The summed E-state index contributed by atoms with van der Waals surface area (Å²) < 4.78 is 5.61. The lowest BCUT2D eigenvalue weighted by molar-refractivity contribution is 0.0690. The summed E-state index contributed by atoms with van der Waals surface area (Å²) in [6.07, 6.45) is 0.815. The fourth-order valence-electron chi connectivity index (χ4n) is 1.64. The van der Waals surface area contributed by atoms with E-state index in [0.717, 1.165) is 12.0 Å². The highest BCUT2D eigenvalue weighted by Gasteiger charge is 2.13. The zero-order valence-electron chi connectivity index (χ0n) is 10.3. The first-order valence-corrected chi connectivity index (χ1v) is 6.15. The second-order valence-electron chi connectivity index (χ2n) is 3.85. The van der Waals surface area contributed by atoms with Gasteiger partial charge in [-0.25, -0.2) is 9.78 Å². The van der Waals surface area contributed by atoms with Crippen molar-refractivity contribution >= 4 is 17.6 Å². The van der Waals surface area contributed by atoms with Crippen molar-refractivity contribution in [2.45, 2.75) is 13.3 Å². The van der Waals surface area contributed by atoms with Crippen LogP contribution in [0.2, 0.25) is 5.02 Å². The van der Waals surface area contributed by atoms with Crippen molar-refractivity contribution in [2.24, 2.45) is 0 Å². The predicted molar refractivity (Wildman–Crippen MR) is 72.1 cm³/mol. The minimum Gasteiger partial charge on any atom is -0.476 e. The number of para-hydroxylation sites is 1. The molecule has 2 rings (SSSR count). The molecule has 0 amide bonds. The normalized spacial score (nSPS) is 10.2. The lowest BCUT2D eigenvalue weighted by atomic mass is 10.1. The van der Waals surface area contributed by atoms with Crippen LogP contribution in [0.1, 0.15) is 23.0 Å². The molecule has 4 nitrogen and oxygen atoms in total. The van der Waals surface area contributed by atoms with E-state index in [9.17, 15) is 4.79 Å². The quantitative estimate of drug-likeness (QED) is 0.924. The van der Waals surface area contributed by atoms with E-state index >= 15 is 0 Å². The number of rotatable bonds is 4. The van der Waals surface area contributed by atoms with Gasteiger partial charge in [-0.05, 0) is 24.1 Å². The Hall–Kier alpha value is -2.07. The Morgan fingerprint density at radius 2 is 2.05 bits per heavy atom. The number of ether oxygens (including phenoxy) is 1. The Bertz CT molecular complexity index is 613. The highest BCUT2D eigenvalue weighted by atomic mass is 35.5. The van der Waals surface area contributed by atoms with Gasteiger partial charge in [0.25, 0.3) is 0 Å². The number of halogens is 1. The van der Waals surface area contributed by atoms with Crippen LogP contribution in [-0.2, 0) is 6.42 Å². The van der Waals surface area contributed by atoms with E-state index in [-0.39, 0.29) is 16.6 Å². The van der Waals surface area contributed by atoms with Crippen molar-refractivity contribution in [1.82, 2.24) is 4.98 Å². The van der Waals surface area contributed by atoms with E-state index in [2.05, 4.69) is 4.98 Å². The summed E-state index contributed by atoms with van der Waals surface area (Å²) in [6.45, 7) is 2.01. The molecule has 0 atom stereocenters. The van der Waals surface area contributed by atoms with Gasteiger partial charge in [0.15, 0.2) is 5.69 Å². The molecule has 0 aliphatic heterocycles. The van der Waals surface area contributed by atoms with Crippen molar-refractivity contribution in [3.8, 4) is 11.6 Å². The van der Waals surface area contributed by atoms with Crippen LogP contribution in [0.4, 0.5) is 0 Å². The second kappa shape index (κ2) is 5.71. The largest absolute Gasteiger partial charge is 0.476 e. The van der Waals surface area contributed by atoms with E-state index in [1.54, 1.807) is 6.07 Å². The highest BCUT2D eigenvalue weighted by molar-refractivity contribution is 6.33. The van der Waals surface area contributed by atoms with Gasteiger partial charge in [-0.1, -0.05) is 36.7 Å². The fraction of sp³-hybridized carbons (Fsp3) is 0.143. The van der Waals surface area contributed by atoms with E-state index in [4.69, 9.17) is 21.4 Å². The molecule has 0 aliphatic carbocycles. The van der Waals surface area contributed by atoms with Crippen LogP contribution < -0.4 is 4.74 Å². The molecule has 0 saturated carbocycles. The van der Waals surface area contributed by atoms with Crippen molar-refractivity contribution in [3.05, 3.63) is 52.7 Å². The molecule has 1 aromatic heterocycles. The third kappa shape index (κ3) is 3.03. The van der Waals surface area contributed by atoms with Gasteiger partial charge in [0.05, 0.1) is 5.02 Å². The molecule has 98 valence electrons. The topological polar surface area (TPSA) is 59.4 Å². The number of aromatic nitrogens is 1. The molecule has 0 spiro atoms. The molecule has 0 radical (unpaired) electrons. The minimum absolute atomic E-state index is 0.0867. The maximum Gasteiger partial charge on any atom is 0.356 e. The Labute approximate surface area is 115 Å². The van der Waals surface area contributed by atoms with Gasteiger partial charge < -0.3 is 9.84 Å². The molecule has 1 heterocycles. The molecular weight excluding hydrogens is 266 g/mol. The Kier molecular flexibility index (Phi) is 4.02. The SMILES string of the molecule is CCc1ccccc1Oc1ccc(Cl)c(C(=O)O)n1. The van der Waals surface area contributed by atoms with Gasteiger partial charge in [0.1, 0.15) is 5.75 Å². The summed E-state index contributed by atoms with van der Waals surface area (Å²) in [7, 11) is 0. The monoisotopic (exact) mass is 277 g/mol. The van der Waals surface area contributed by atoms with Gasteiger partial charge in [-0.3, -0.25) is 0 Å². The van der Waals surface area contributed by atoms with E-state index in [0.29, 0.717) is 5.75 Å². The van der Waals surface area contributed by atoms with Crippen LogP contribution in [0.3, 0.4) is 0 Å². The maximum absolute atomic E-state index is 10.9. The number of aryl methyl sites for hydroxylation is 1. The van der Waals surface area contributed by atoms with Gasteiger partial charge in [0, 0.05) is 6.07 Å². The van der Waals surface area contributed by atoms with Gasteiger partial charge in [-0.15, -0.1) is 0 Å². The van der Waals surface area contributed by atoms with Crippen LogP contribution in [0.15, 0.2) is 36.4 Å². The average Bonchev–Trinajstić information content (AvgIpc) is 2.41. The van der Waals surface area contributed by atoms with Crippen LogP contribution in [0.25, 0.3) is 0 Å². The molecular formula is C14H12ClNO3. The summed E-state index contributed by atoms with van der Waals surface area (Å²) in [5.74, 6) is -0.307. The van der Waals surface area contributed by atoms with Crippen molar-refractivity contribution in [1.29, 1.82) is 0 Å². The third-order valence-corrected chi connectivity index (χ3v) is 2.90. The summed E-state index contributed by atoms with van der Waals surface area (Å²) >= 11 is 5.75. The second-order valence-corrected chi connectivity index (χ2v) is 4.26. The van der Waals surface area contributed by atoms with E-state index in [1.165, 1.54) is 6.07 Å². The Morgan fingerprint density at radius 3 is 2.74 bits per heavy atom. The smallest absolute Gasteiger partial charge is 0.356 e. The standard InChI is InChI=1S/C14H12ClNO3/c1-2-9-5-3-4-6-11(9)19-12-8-7-10(15)13(16-12)14(17)18/h3-8H,2H2,1H3,(H,17,18). The number of pyridine rings is 1. The fourth-order valence-corrected chi connectivity index (χ4v) is 1.83. The number of benzene rings is 1. The van der Waals surface area contributed by atoms with Gasteiger partial charge in [0.2, 0.25) is 5.88 Å². The van der Waals surface area contributed by atoms with Crippen LogP contribution in [0, 0.1) is 0 Å². The number of aromatic carboxylic acids is 1. The van der Waals surface area contributed by atoms with Crippen LogP contribution in [-0.4, -0.2) is 16.1 Å². The number of carbonyl (C=O) groups is 1. The van der Waals surface area contributed by atoms with E-state index in [1.807, 2.05) is 31.2 Å². The van der Waals surface area contributed by atoms with Gasteiger partial charge in [-0.2, -0.15) is 0 Å². The lowest BCUT2D eigenvalue weighted by Gasteiger charge is -2.09. The first kappa shape index (κ1) is 13.4. The number of nitrogens with zero attached hydrogens (tertiary/aromatic N) is 1. The number of carboxylic acid groups (broad SMARTS) is 1. The summed E-state index contributed by atoms with van der Waals surface area (Å²) in [6, 6.07) is 10.5. The van der Waals surface area contributed by atoms with Crippen molar-refractivity contribution in [2.75, 3.05) is 0 Å². The summed E-state index contributed by atoms with van der Waals surface area (Å²) in [4.78, 5) is 14.8. The molecule has 0 saturated heterocycles. The lowest BCUT2D eigenvalue weighted by Crippen LogP contribution is -2.02. The van der Waals surface area contributed by atoms with Crippen molar-refractivity contribution < 1.29 is 14.6 Å². The first-order chi connectivity index (χ1) is 9.11. The van der Waals surface area contributed by atoms with Crippen LogP contribution in [0.5, 0.6) is 11.6 Å². The zero-order valence-corrected chi connectivity index (χ0v) is 11.0. The summed E-state index contributed by atoms with van der Waals surface area (Å²) in [5, 5.41) is 9.04. The average molecular weight is 278 g/mol. The third-order valence-electron chi connectivity index (χ3n) is 2.59. The molecule has 5 heteroatoms. The number of hydrogen-bond donors (Lipinski definition) is 1. The van der Waals surface area contributed by atoms with Crippen molar-refractivity contribution in [3.63, 3.8) is 0 Å². The Morgan fingerprint density at radius 1 is 1.32 bits per heavy atom. The Balaban J connectivity index is 2.33. The molecule has 0 fully saturated rings. The molecule has 0 bridgehead atoms. The van der Waals surface area contributed by atoms with E-state index < -0.39 is 5.97 Å². The number of hydrogen-bond acceptors (Lipinski definition) is 3. The maximum atomic E-state index is 10.9. The molecule has 0 unspecified atom stereocenters. The molecule has 1 aromatic carbocycles. The molecule has 0 aliphatic rings. The molecule has 1 N–H and O–H groups in total. The predicted octanol–water partition coefficient (Wildman–Crippen LogP) is 3.79.